The zero-order valence-corrected chi connectivity index (χ0v) is 11.9. The zero-order valence-electron chi connectivity index (χ0n) is 10.3. The summed E-state index contributed by atoms with van der Waals surface area (Å²) < 4.78 is 2.43. The number of ketones is 1. The smallest absolute Gasteiger partial charge is 0.203 e. The molecule has 0 radical (unpaired) electrons. The first-order valence-corrected chi connectivity index (χ1v) is 8.14. The van der Waals surface area contributed by atoms with Crippen molar-refractivity contribution in [2.45, 2.75) is 19.3 Å². The van der Waals surface area contributed by atoms with E-state index in [0.29, 0.717) is 0 Å². The van der Waals surface area contributed by atoms with Crippen LogP contribution in [0.4, 0.5) is 0 Å². The van der Waals surface area contributed by atoms with E-state index >= 15 is 0 Å². The molecular formula is C16H12OS2. The van der Waals surface area contributed by atoms with E-state index in [1.807, 2.05) is 12.1 Å². The number of carbonyl (C=O) groups excluding carboxylic acids is 1. The second kappa shape index (κ2) is 4.29. The number of benzene rings is 1. The summed E-state index contributed by atoms with van der Waals surface area (Å²) in [4.78, 5) is 13.4. The molecule has 0 bridgehead atoms. The Morgan fingerprint density at radius 1 is 1.00 bits per heavy atom. The molecule has 1 aliphatic rings. The van der Waals surface area contributed by atoms with Crippen LogP contribution >= 0.6 is 22.7 Å². The van der Waals surface area contributed by atoms with Gasteiger partial charge in [0.05, 0.1) is 4.88 Å². The Morgan fingerprint density at radius 3 is 2.79 bits per heavy atom. The van der Waals surface area contributed by atoms with Gasteiger partial charge in [0, 0.05) is 15.0 Å². The summed E-state index contributed by atoms with van der Waals surface area (Å²) in [6.45, 7) is 0. The number of rotatable bonds is 2. The molecule has 0 aliphatic heterocycles. The van der Waals surface area contributed by atoms with Crippen LogP contribution in [0.15, 0.2) is 35.7 Å². The van der Waals surface area contributed by atoms with E-state index < -0.39 is 0 Å². The first-order chi connectivity index (χ1) is 9.31. The summed E-state index contributed by atoms with van der Waals surface area (Å²) in [5.74, 6) is 0.170. The molecule has 4 rings (SSSR count). The summed E-state index contributed by atoms with van der Waals surface area (Å²) in [5.41, 5.74) is 3.63. The quantitative estimate of drug-likeness (QED) is 0.624. The third-order valence-electron chi connectivity index (χ3n) is 3.72. The third kappa shape index (κ3) is 1.85. The van der Waals surface area contributed by atoms with Crippen molar-refractivity contribution in [3.63, 3.8) is 0 Å². The van der Waals surface area contributed by atoms with Gasteiger partial charge >= 0.3 is 0 Å². The minimum absolute atomic E-state index is 0.170. The van der Waals surface area contributed by atoms with E-state index in [1.54, 1.807) is 22.7 Å². The summed E-state index contributed by atoms with van der Waals surface area (Å²) in [6.07, 6.45) is 3.51. The van der Waals surface area contributed by atoms with Gasteiger partial charge in [0.2, 0.25) is 5.78 Å². The molecule has 0 N–H and O–H groups in total. The molecule has 0 saturated heterocycles. The second-order valence-electron chi connectivity index (χ2n) is 4.93. The Labute approximate surface area is 119 Å². The second-order valence-corrected chi connectivity index (χ2v) is 6.96. The van der Waals surface area contributed by atoms with Crippen molar-refractivity contribution in [3.05, 3.63) is 57.3 Å². The van der Waals surface area contributed by atoms with Crippen LogP contribution in [-0.2, 0) is 12.8 Å². The first kappa shape index (κ1) is 11.4. The number of thiophene rings is 2. The Hall–Kier alpha value is -1.45. The molecule has 3 heteroatoms. The van der Waals surface area contributed by atoms with Gasteiger partial charge in [0.1, 0.15) is 0 Å². The van der Waals surface area contributed by atoms with E-state index in [1.165, 1.54) is 33.4 Å². The van der Waals surface area contributed by atoms with Crippen molar-refractivity contribution in [1.29, 1.82) is 0 Å². The normalized spacial score (nSPS) is 13.9. The van der Waals surface area contributed by atoms with Crippen LogP contribution in [0.3, 0.4) is 0 Å². The molecule has 0 saturated carbocycles. The molecular weight excluding hydrogens is 272 g/mol. The van der Waals surface area contributed by atoms with Crippen LogP contribution in [0.2, 0.25) is 0 Å². The van der Waals surface area contributed by atoms with E-state index in [2.05, 4.69) is 23.6 Å². The lowest BCUT2D eigenvalue weighted by molar-refractivity contribution is 0.104. The molecule has 2 heterocycles. The lowest BCUT2D eigenvalue weighted by atomic mass is 10.0. The minimum Gasteiger partial charge on any atom is -0.288 e. The Kier molecular flexibility index (Phi) is 2.57. The van der Waals surface area contributed by atoms with Crippen LogP contribution < -0.4 is 0 Å². The summed E-state index contributed by atoms with van der Waals surface area (Å²) in [5, 5.41) is 2.07. The molecule has 1 aliphatic carbocycles. The standard InChI is InChI=1S/C16H12OS2/c17-16(15-9-14-13(19-15)6-7-18-14)12-5-4-10-2-1-3-11(10)8-12/h4-9H,1-3H2. The summed E-state index contributed by atoms with van der Waals surface area (Å²) >= 11 is 3.30. The monoisotopic (exact) mass is 284 g/mol. The molecule has 1 aromatic carbocycles. The molecule has 0 unspecified atom stereocenters. The maximum atomic E-state index is 12.5. The van der Waals surface area contributed by atoms with Gasteiger partial charge in [-0.3, -0.25) is 4.79 Å². The van der Waals surface area contributed by atoms with E-state index in [-0.39, 0.29) is 5.78 Å². The molecule has 3 aromatic rings. The molecule has 2 aromatic heterocycles. The highest BCUT2D eigenvalue weighted by Crippen LogP contribution is 2.32. The number of hydrogen-bond acceptors (Lipinski definition) is 3. The minimum atomic E-state index is 0.170. The van der Waals surface area contributed by atoms with Crippen molar-refractivity contribution >= 4 is 37.9 Å². The summed E-state index contributed by atoms with van der Waals surface area (Å²) in [7, 11) is 0. The van der Waals surface area contributed by atoms with Gasteiger partial charge in [-0.25, -0.2) is 0 Å². The van der Waals surface area contributed by atoms with Gasteiger partial charge in [-0.1, -0.05) is 12.1 Å². The molecule has 1 nitrogen and oxygen atoms in total. The Balaban J connectivity index is 1.75. The van der Waals surface area contributed by atoms with E-state index in [4.69, 9.17) is 0 Å². The van der Waals surface area contributed by atoms with Gasteiger partial charge in [-0.05, 0) is 54.0 Å². The zero-order chi connectivity index (χ0) is 12.8. The number of fused-ring (bicyclic) bond motifs is 2. The first-order valence-electron chi connectivity index (χ1n) is 6.45. The summed E-state index contributed by atoms with van der Waals surface area (Å²) in [6, 6.07) is 10.3. The molecule has 94 valence electrons. The number of aryl methyl sites for hydroxylation is 2. The van der Waals surface area contributed by atoms with Crippen LogP contribution in [0.5, 0.6) is 0 Å². The van der Waals surface area contributed by atoms with Gasteiger partial charge in [-0.2, -0.15) is 0 Å². The van der Waals surface area contributed by atoms with E-state index in [9.17, 15) is 4.79 Å². The maximum Gasteiger partial charge on any atom is 0.203 e. The van der Waals surface area contributed by atoms with Gasteiger partial charge in [-0.15, -0.1) is 22.7 Å². The fourth-order valence-corrected chi connectivity index (χ4v) is 4.80. The molecule has 0 spiro atoms. The van der Waals surface area contributed by atoms with Crippen molar-refractivity contribution in [1.82, 2.24) is 0 Å². The predicted molar refractivity (Wildman–Crippen MR) is 81.6 cm³/mol. The van der Waals surface area contributed by atoms with Crippen LogP contribution in [0.1, 0.15) is 32.8 Å². The highest BCUT2D eigenvalue weighted by atomic mass is 32.1. The SMILES string of the molecule is O=C(c1ccc2c(c1)CCC2)c1cc2sccc2s1. The average Bonchev–Trinajstić information content (AvgIpc) is 3.11. The lowest BCUT2D eigenvalue weighted by Crippen LogP contribution is -1.99. The number of hydrogen-bond donors (Lipinski definition) is 0. The van der Waals surface area contributed by atoms with Crippen molar-refractivity contribution in [2.24, 2.45) is 0 Å². The van der Waals surface area contributed by atoms with Crippen molar-refractivity contribution in [2.75, 3.05) is 0 Å². The van der Waals surface area contributed by atoms with Crippen LogP contribution in [0.25, 0.3) is 9.40 Å². The maximum absolute atomic E-state index is 12.5. The van der Waals surface area contributed by atoms with E-state index in [0.717, 1.165) is 16.9 Å². The predicted octanol–water partition coefficient (Wildman–Crippen LogP) is 4.68. The molecule has 0 atom stereocenters. The van der Waals surface area contributed by atoms with Crippen LogP contribution in [0, 0.1) is 0 Å². The highest BCUT2D eigenvalue weighted by Gasteiger charge is 2.17. The number of carbonyl (C=O) groups is 1. The fourth-order valence-electron chi connectivity index (χ4n) is 2.73. The van der Waals surface area contributed by atoms with Gasteiger partial charge in [0.25, 0.3) is 0 Å². The highest BCUT2D eigenvalue weighted by molar-refractivity contribution is 7.28. The Bertz CT molecular complexity index is 751. The molecule has 19 heavy (non-hydrogen) atoms. The van der Waals surface area contributed by atoms with Crippen molar-refractivity contribution in [3.8, 4) is 0 Å². The lowest BCUT2D eigenvalue weighted by Gasteiger charge is -2.02. The van der Waals surface area contributed by atoms with Gasteiger partial charge < -0.3 is 0 Å². The topological polar surface area (TPSA) is 17.1 Å². The molecule has 0 amide bonds. The molecule has 0 fully saturated rings. The fraction of sp³-hybridized carbons (Fsp3) is 0.188. The average molecular weight is 284 g/mol. The van der Waals surface area contributed by atoms with Crippen LogP contribution in [-0.4, -0.2) is 5.78 Å². The Morgan fingerprint density at radius 2 is 1.89 bits per heavy atom. The third-order valence-corrected chi connectivity index (χ3v) is 5.82. The largest absolute Gasteiger partial charge is 0.288 e. The van der Waals surface area contributed by atoms with Crippen molar-refractivity contribution < 1.29 is 4.79 Å². The van der Waals surface area contributed by atoms with Gasteiger partial charge in [0.15, 0.2) is 0 Å².